The summed E-state index contributed by atoms with van der Waals surface area (Å²) in [6.45, 7) is 1.86. The Hall–Kier alpha value is -0.870. The highest BCUT2D eigenvalue weighted by Gasteiger charge is 2.20. The third-order valence-corrected chi connectivity index (χ3v) is 4.19. The highest BCUT2D eigenvalue weighted by atomic mass is 32.2. The number of ether oxygens (including phenoxy) is 2. The number of thiophene rings is 1. The second-order valence-corrected chi connectivity index (χ2v) is 6.66. The van der Waals surface area contributed by atoms with Crippen molar-refractivity contribution in [3.8, 4) is 11.5 Å². The predicted molar refractivity (Wildman–Crippen MR) is 77.8 cm³/mol. The van der Waals surface area contributed by atoms with E-state index in [0.29, 0.717) is 32.5 Å². The highest BCUT2D eigenvalue weighted by molar-refractivity contribution is 7.85. The van der Waals surface area contributed by atoms with Gasteiger partial charge in [0.1, 0.15) is 12.7 Å². The average Bonchev–Trinajstić information content (AvgIpc) is 2.79. The zero-order chi connectivity index (χ0) is 13.7. The summed E-state index contributed by atoms with van der Waals surface area (Å²) in [6, 6.07) is 0. The van der Waals surface area contributed by atoms with Gasteiger partial charge in [-0.25, -0.2) is 0 Å². The van der Waals surface area contributed by atoms with Crippen molar-refractivity contribution >= 4 is 21.5 Å². The van der Waals surface area contributed by atoms with E-state index in [9.17, 15) is 8.42 Å². The fourth-order valence-electron chi connectivity index (χ4n) is 1.76. The van der Waals surface area contributed by atoms with Crippen molar-refractivity contribution in [2.24, 2.45) is 0 Å². The van der Waals surface area contributed by atoms with E-state index < -0.39 is 10.1 Å². The standard InChI is InChI=1S/C11H17NO5S2.H3N/c13-19(14,15)4-2-1-3-12-5-9-6-16-10-7-18-8-11(10)17-9;/h7-9,12H,1-6H2,(H,13,14,15);1H3. The molecule has 2 rings (SSSR count). The van der Waals surface area contributed by atoms with Gasteiger partial charge < -0.3 is 20.9 Å². The number of nitrogens with one attached hydrogen (secondary N) is 1. The number of unbranched alkanes of at least 4 members (excludes halogenated alkanes) is 1. The molecule has 0 fully saturated rings. The van der Waals surface area contributed by atoms with Crippen LogP contribution in [0.2, 0.25) is 0 Å². The van der Waals surface area contributed by atoms with E-state index in [1.54, 1.807) is 11.3 Å². The van der Waals surface area contributed by atoms with Crippen LogP contribution >= 0.6 is 11.3 Å². The van der Waals surface area contributed by atoms with Gasteiger partial charge in [-0.15, -0.1) is 11.3 Å². The second kappa shape index (κ2) is 7.79. The van der Waals surface area contributed by atoms with E-state index in [2.05, 4.69) is 5.32 Å². The van der Waals surface area contributed by atoms with Crippen LogP contribution in [-0.4, -0.2) is 44.5 Å². The fourth-order valence-corrected chi connectivity index (χ4v) is 3.00. The van der Waals surface area contributed by atoms with Gasteiger partial charge >= 0.3 is 0 Å². The molecule has 1 aromatic rings. The SMILES string of the molecule is N.O=S(=O)(O)CCCCNCC1COc2cscc2O1. The van der Waals surface area contributed by atoms with Crippen LogP contribution in [0.3, 0.4) is 0 Å². The number of fused-ring (bicyclic) bond motifs is 1. The van der Waals surface area contributed by atoms with E-state index >= 15 is 0 Å². The third kappa shape index (κ3) is 5.63. The summed E-state index contributed by atoms with van der Waals surface area (Å²) >= 11 is 1.54. The molecule has 0 radical (unpaired) electrons. The van der Waals surface area contributed by atoms with Crippen LogP contribution in [0.15, 0.2) is 10.8 Å². The first-order valence-electron chi connectivity index (χ1n) is 6.06. The van der Waals surface area contributed by atoms with E-state index in [4.69, 9.17) is 14.0 Å². The zero-order valence-corrected chi connectivity index (χ0v) is 12.7. The van der Waals surface area contributed by atoms with E-state index in [1.165, 1.54) is 0 Å². The van der Waals surface area contributed by atoms with E-state index in [1.807, 2.05) is 10.8 Å². The second-order valence-electron chi connectivity index (χ2n) is 4.35. The Morgan fingerprint density at radius 3 is 2.85 bits per heavy atom. The van der Waals surface area contributed by atoms with Crippen LogP contribution < -0.4 is 20.9 Å². The Morgan fingerprint density at radius 2 is 2.10 bits per heavy atom. The summed E-state index contributed by atoms with van der Waals surface area (Å²) in [5.41, 5.74) is 0. The lowest BCUT2D eigenvalue weighted by molar-refractivity contribution is 0.0919. The van der Waals surface area contributed by atoms with Crippen molar-refractivity contribution in [1.82, 2.24) is 11.5 Å². The third-order valence-electron chi connectivity index (χ3n) is 2.69. The summed E-state index contributed by atoms with van der Waals surface area (Å²) in [4.78, 5) is 0. The molecule has 5 N–H and O–H groups in total. The van der Waals surface area contributed by atoms with Gasteiger partial charge in [-0.2, -0.15) is 8.42 Å². The minimum atomic E-state index is -3.83. The van der Waals surface area contributed by atoms with Crippen LogP contribution in [0.5, 0.6) is 11.5 Å². The normalized spacial score (nSPS) is 17.6. The van der Waals surface area contributed by atoms with Gasteiger partial charge in [0.05, 0.1) is 5.75 Å². The topological polar surface area (TPSA) is 120 Å². The van der Waals surface area contributed by atoms with Gasteiger partial charge in [0, 0.05) is 17.3 Å². The Bertz CT molecular complexity index is 503. The number of hydrogen-bond donors (Lipinski definition) is 3. The van der Waals surface area contributed by atoms with E-state index in [-0.39, 0.29) is 18.0 Å². The van der Waals surface area contributed by atoms with Gasteiger partial charge in [-0.3, -0.25) is 4.55 Å². The highest BCUT2D eigenvalue weighted by Crippen LogP contribution is 2.34. The Morgan fingerprint density at radius 1 is 1.35 bits per heavy atom. The molecule has 1 unspecified atom stereocenters. The summed E-state index contributed by atoms with van der Waals surface area (Å²) < 4.78 is 40.8. The Kier molecular flexibility index (Phi) is 6.69. The average molecular weight is 324 g/mol. The maximum atomic E-state index is 10.5. The van der Waals surface area contributed by atoms with Gasteiger partial charge in [0.15, 0.2) is 11.5 Å². The van der Waals surface area contributed by atoms with Gasteiger partial charge in [-0.05, 0) is 19.4 Å². The molecule has 1 aromatic heterocycles. The van der Waals surface area contributed by atoms with Crippen LogP contribution in [0.4, 0.5) is 0 Å². The first-order valence-corrected chi connectivity index (χ1v) is 8.61. The van der Waals surface area contributed by atoms with Crippen molar-refractivity contribution in [2.75, 3.05) is 25.4 Å². The molecule has 116 valence electrons. The smallest absolute Gasteiger partial charge is 0.264 e. The lowest BCUT2D eigenvalue weighted by Crippen LogP contribution is -2.38. The molecule has 0 bridgehead atoms. The predicted octanol–water partition coefficient (Wildman–Crippen LogP) is 1.31. The maximum absolute atomic E-state index is 10.5. The molecule has 0 aromatic carbocycles. The van der Waals surface area contributed by atoms with Crippen LogP contribution in [0.1, 0.15) is 12.8 Å². The largest absolute Gasteiger partial charge is 0.485 e. The molecule has 1 atom stereocenters. The molecule has 1 aliphatic rings. The number of hydrogen-bond acceptors (Lipinski definition) is 7. The zero-order valence-electron chi connectivity index (χ0n) is 11.1. The molecule has 0 amide bonds. The molecule has 2 heterocycles. The maximum Gasteiger partial charge on any atom is 0.264 e. The van der Waals surface area contributed by atoms with Gasteiger partial charge in [0.2, 0.25) is 0 Å². The monoisotopic (exact) mass is 324 g/mol. The Labute approximate surface area is 122 Å². The molecule has 0 saturated carbocycles. The van der Waals surface area contributed by atoms with Crippen molar-refractivity contribution in [2.45, 2.75) is 18.9 Å². The summed E-state index contributed by atoms with van der Waals surface area (Å²) in [6.07, 6.45) is 1.11. The quantitative estimate of drug-likeness (QED) is 0.511. The molecule has 0 aliphatic carbocycles. The van der Waals surface area contributed by atoms with Crippen molar-refractivity contribution < 1.29 is 22.4 Å². The summed E-state index contributed by atoms with van der Waals surface area (Å²) in [5.74, 6) is 1.40. The first-order chi connectivity index (χ1) is 9.04. The fraction of sp³-hybridized carbons (Fsp3) is 0.636. The summed E-state index contributed by atoms with van der Waals surface area (Å²) in [5, 5.41) is 7.01. The lowest BCUT2D eigenvalue weighted by atomic mass is 10.3. The molecular formula is C11H20N2O5S2. The lowest BCUT2D eigenvalue weighted by Gasteiger charge is -2.24. The van der Waals surface area contributed by atoms with E-state index in [0.717, 1.165) is 11.5 Å². The Balaban J connectivity index is 0.00000200. The molecular weight excluding hydrogens is 304 g/mol. The van der Waals surface area contributed by atoms with Crippen molar-refractivity contribution in [1.29, 1.82) is 0 Å². The van der Waals surface area contributed by atoms with Crippen molar-refractivity contribution in [3.63, 3.8) is 0 Å². The molecule has 9 heteroatoms. The van der Waals surface area contributed by atoms with Gasteiger partial charge in [0.25, 0.3) is 10.1 Å². The molecule has 7 nitrogen and oxygen atoms in total. The minimum absolute atomic E-state index is 0. The minimum Gasteiger partial charge on any atom is -0.485 e. The van der Waals surface area contributed by atoms with Crippen LogP contribution in [0.25, 0.3) is 0 Å². The molecule has 20 heavy (non-hydrogen) atoms. The molecule has 0 spiro atoms. The van der Waals surface area contributed by atoms with Crippen LogP contribution in [-0.2, 0) is 10.1 Å². The molecule has 0 saturated heterocycles. The van der Waals surface area contributed by atoms with Gasteiger partial charge in [-0.1, -0.05) is 0 Å². The van der Waals surface area contributed by atoms with Crippen LogP contribution in [0, 0.1) is 0 Å². The first kappa shape index (κ1) is 17.2. The number of rotatable bonds is 7. The molecule has 1 aliphatic heterocycles. The summed E-state index contributed by atoms with van der Waals surface area (Å²) in [7, 11) is -3.83. The van der Waals surface area contributed by atoms with Crippen molar-refractivity contribution in [3.05, 3.63) is 10.8 Å².